The zero-order valence-electron chi connectivity index (χ0n) is 11.8. The summed E-state index contributed by atoms with van der Waals surface area (Å²) in [6, 6.07) is 4.46. The Bertz CT molecular complexity index is 627. The molecule has 112 valence electrons. The van der Waals surface area contributed by atoms with Gasteiger partial charge < -0.3 is 5.73 Å². The third kappa shape index (κ3) is 2.84. The summed E-state index contributed by atoms with van der Waals surface area (Å²) in [5, 5.41) is 13.2. The molecule has 1 aliphatic rings. The van der Waals surface area contributed by atoms with Crippen molar-refractivity contribution in [1.82, 2.24) is 10.2 Å². The monoisotopic (exact) mass is 292 g/mol. The molecule has 2 amide bonds. The van der Waals surface area contributed by atoms with Gasteiger partial charge in [0.25, 0.3) is 5.69 Å². The van der Waals surface area contributed by atoms with Crippen LogP contribution in [0.15, 0.2) is 18.2 Å². The molecule has 0 bridgehead atoms. The van der Waals surface area contributed by atoms with E-state index in [2.05, 4.69) is 5.32 Å². The fourth-order valence-electron chi connectivity index (χ4n) is 2.15. The molecule has 0 saturated carbocycles. The van der Waals surface area contributed by atoms with E-state index in [-0.39, 0.29) is 36.3 Å². The van der Waals surface area contributed by atoms with E-state index in [0.717, 1.165) is 0 Å². The van der Waals surface area contributed by atoms with Crippen LogP contribution in [0.5, 0.6) is 0 Å². The number of rotatable bonds is 3. The Hall–Kier alpha value is -2.48. The fraction of sp³-hybridized carbons (Fsp3) is 0.385. The minimum absolute atomic E-state index is 0.0525. The van der Waals surface area contributed by atoms with Gasteiger partial charge >= 0.3 is 0 Å². The highest BCUT2D eigenvalue weighted by Gasteiger charge is 2.40. The number of amides is 2. The summed E-state index contributed by atoms with van der Waals surface area (Å²) in [6.07, 6.45) is 0. The average molecular weight is 292 g/mol. The lowest BCUT2D eigenvalue weighted by atomic mass is 9.97. The average Bonchev–Trinajstić information content (AvgIpc) is 2.38. The van der Waals surface area contributed by atoms with Crippen molar-refractivity contribution in [1.29, 1.82) is 0 Å². The summed E-state index contributed by atoms with van der Waals surface area (Å²) in [7, 11) is 0. The van der Waals surface area contributed by atoms with Gasteiger partial charge in [0.2, 0.25) is 11.8 Å². The standard InChI is InChI=1S/C13H16N4O4/c1-13(2)12(19)15-11(18)7-16(13)6-8-3-4-9(14)10(5-8)17(20)21/h3-5H,6-7,14H2,1-2H3,(H,15,18,19). The number of imide groups is 1. The first-order chi connectivity index (χ1) is 9.71. The van der Waals surface area contributed by atoms with Crippen molar-refractivity contribution in [3.63, 3.8) is 0 Å². The number of carbonyl (C=O) groups excluding carboxylic acids is 2. The summed E-state index contributed by atoms with van der Waals surface area (Å²) in [4.78, 5) is 35.3. The van der Waals surface area contributed by atoms with Gasteiger partial charge in [0.05, 0.1) is 17.0 Å². The maximum atomic E-state index is 11.9. The molecule has 2 rings (SSSR count). The van der Waals surface area contributed by atoms with Crippen LogP contribution in [0.3, 0.4) is 0 Å². The Morgan fingerprint density at radius 1 is 1.43 bits per heavy atom. The number of nitrogens with one attached hydrogen (secondary N) is 1. The molecule has 21 heavy (non-hydrogen) atoms. The van der Waals surface area contributed by atoms with Gasteiger partial charge in [0.1, 0.15) is 5.69 Å². The van der Waals surface area contributed by atoms with Crippen LogP contribution in [-0.2, 0) is 16.1 Å². The molecular weight excluding hydrogens is 276 g/mol. The van der Waals surface area contributed by atoms with Gasteiger partial charge in [-0.15, -0.1) is 0 Å². The Labute approximate surface area is 121 Å². The zero-order chi connectivity index (χ0) is 15.8. The van der Waals surface area contributed by atoms with Crippen LogP contribution >= 0.6 is 0 Å². The Morgan fingerprint density at radius 3 is 2.71 bits per heavy atom. The Kier molecular flexibility index (Phi) is 3.65. The number of nitro groups is 1. The number of carbonyl (C=O) groups is 2. The van der Waals surface area contributed by atoms with Crippen molar-refractivity contribution in [3.8, 4) is 0 Å². The second-order valence-corrected chi connectivity index (χ2v) is 5.44. The van der Waals surface area contributed by atoms with E-state index in [1.54, 1.807) is 24.8 Å². The predicted octanol–water partition coefficient (Wildman–Crippen LogP) is 0.414. The molecule has 1 saturated heterocycles. The van der Waals surface area contributed by atoms with Crippen molar-refractivity contribution in [2.75, 3.05) is 12.3 Å². The molecule has 1 aliphatic heterocycles. The summed E-state index contributed by atoms with van der Waals surface area (Å²) >= 11 is 0. The first-order valence-corrected chi connectivity index (χ1v) is 6.34. The highest BCUT2D eigenvalue weighted by molar-refractivity contribution is 6.02. The number of anilines is 1. The number of nitrogen functional groups attached to an aromatic ring is 1. The van der Waals surface area contributed by atoms with E-state index in [4.69, 9.17) is 5.73 Å². The molecule has 0 spiro atoms. The molecule has 0 atom stereocenters. The van der Waals surface area contributed by atoms with Gasteiger partial charge in [-0.25, -0.2) is 0 Å². The molecule has 8 nitrogen and oxygen atoms in total. The van der Waals surface area contributed by atoms with Crippen molar-refractivity contribution in [3.05, 3.63) is 33.9 Å². The number of benzene rings is 1. The molecule has 1 aromatic rings. The first kappa shape index (κ1) is 14.9. The lowest BCUT2D eigenvalue weighted by Gasteiger charge is -2.40. The van der Waals surface area contributed by atoms with Crippen LogP contribution in [-0.4, -0.2) is 33.7 Å². The third-order valence-corrected chi connectivity index (χ3v) is 3.60. The van der Waals surface area contributed by atoms with Gasteiger partial charge in [-0.1, -0.05) is 6.07 Å². The number of nitro benzene ring substituents is 1. The van der Waals surface area contributed by atoms with Crippen molar-refractivity contribution in [2.24, 2.45) is 0 Å². The molecule has 0 radical (unpaired) electrons. The van der Waals surface area contributed by atoms with Gasteiger partial charge in [-0.2, -0.15) is 0 Å². The number of nitrogens with two attached hydrogens (primary N) is 1. The summed E-state index contributed by atoms with van der Waals surface area (Å²) in [6.45, 7) is 3.69. The lowest BCUT2D eigenvalue weighted by molar-refractivity contribution is -0.384. The number of hydrogen-bond donors (Lipinski definition) is 2. The minimum Gasteiger partial charge on any atom is -0.393 e. The third-order valence-electron chi connectivity index (χ3n) is 3.60. The van der Waals surface area contributed by atoms with Crippen LogP contribution in [0.1, 0.15) is 19.4 Å². The van der Waals surface area contributed by atoms with Crippen LogP contribution in [0, 0.1) is 10.1 Å². The number of hydrogen-bond acceptors (Lipinski definition) is 6. The molecule has 0 unspecified atom stereocenters. The van der Waals surface area contributed by atoms with E-state index in [0.29, 0.717) is 5.56 Å². The number of nitrogens with zero attached hydrogens (tertiary/aromatic N) is 2. The van der Waals surface area contributed by atoms with Gasteiger partial charge in [0, 0.05) is 12.6 Å². The van der Waals surface area contributed by atoms with Crippen molar-refractivity contribution < 1.29 is 14.5 Å². The van der Waals surface area contributed by atoms with Gasteiger partial charge in [-0.05, 0) is 25.5 Å². The molecule has 0 aromatic heterocycles. The lowest BCUT2D eigenvalue weighted by Crippen LogP contribution is -2.63. The highest BCUT2D eigenvalue weighted by Crippen LogP contribution is 2.26. The van der Waals surface area contributed by atoms with Crippen LogP contribution in [0.25, 0.3) is 0 Å². The van der Waals surface area contributed by atoms with Gasteiger partial charge in [-0.3, -0.25) is 29.9 Å². The van der Waals surface area contributed by atoms with E-state index in [1.165, 1.54) is 12.1 Å². The Balaban J connectivity index is 2.28. The molecule has 1 heterocycles. The second kappa shape index (κ2) is 5.13. The van der Waals surface area contributed by atoms with E-state index >= 15 is 0 Å². The minimum atomic E-state index is -0.871. The Morgan fingerprint density at radius 2 is 2.10 bits per heavy atom. The quantitative estimate of drug-likeness (QED) is 0.360. The maximum absolute atomic E-state index is 11.9. The second-order valence-electron chi connectivity index (χ2n) is 5.44. The molecule has 8 heteroatoms. The predicted molar refractivity (Wildman–Crippen MR) is 75.1 cm³/mol. The highest BCUT2D eigenvalue weighted by atomic mass is 16.6. The van der Waals surface area contributed by atoms with Crippen LogP contribution in [0.2, 0.25) is 0 Å². The summed E-state index contributed by atoms with van der Waals surface area (Å²) < 4.78 is 0. The van der Waals surface area contributed by atoms with E-state index in [9.17, 15) is 19.7 Å². The molecule has 0 aliphatic carbocycles. The smallest absolute Gasteiger partial charge is 0.292 e. The van der Waals surface area contributed by atoms with Crippen molar-refractivity contribution >= 4 is 23.2 Å². The van der Waals surface area contributed by atoms with Crippen LogP contribution in [0.4, 0.5) is 11.4 Å². The largest absolute Gasteiger partial charge is 0.393 e. The molecule has 3 N–H and O–H groups in total. The molecule has 1 fully saturated rings. The topological polar surface area (TPSA) is 119 Å². The molecular formula is C13H16N4O4. The normalized spacial score (nSPS) is 18.4. The maximum Gasteiger partial charge on any atom is 0.292 e. The van der Waals surface area contributed by atoms with Crippen molar-refractivity contribution in [2.45, 2.75) is 25.9 Å². The number of piperazine rings is 1. The summed E-state index contributed by atoms with van der Waals surface area (Å²) in [5.74, 6) is -0.770. The zero-order valence-corrected chi connectivity index (χ0v) is 11.8. The van der Waals surface area contributed by atoms with Gasteiger partial charge in [0.15, 0.2) is 0 Å². The fourth-order valence-corrected chi connectivity index (χ4v) is 2.15. The molecule has 1 aromatic carbocycles. The van der Waals surface area contributed by atoms with Crippen LogP contribution < -0.4 is 11.1 Å². The summed E-state index contributed by atoms with van der Waals surface area (Å²) in [5.41, 5.74) is 5.19. The van der Waals surface area contributed by atoms with E-state index in [1.807, 2.05) is 0 Å². The SMILES string of the molecule is CC1(C)C(=O)NC(=O)CN1Cc1ccc(N)c([N+](=O)[O-])c1. The van der Waals surface area contributed by atoms with E-state index < -0.39 is 10.5 Å². The first-order valence-electron chi connectivity index (χ1n) is 6.34.